The summed E-state index contributed by atoms with van der Waals surface area (Å²) in [5, 5.41) is 11.8. The Bertz CT molecular complexity index is 849. The van der Waals surface area contributed by atoms with Crippen molar-refractivity contribution < 1.29 is 9.90 Å². The van der Waals surface area contributed by atoms with Gasteiger partial charge in [0, 0.05) is 42.9 Å². The van der Waals surface area contributed by atoms with Gasteiger partial charge in [0.25, 0.3) is 5.91 Å². The number of anilines is 2. The van der Waals surface area contributed by atoms with Crippen molar-refractivity contribution in [3.63, 3.8) is 0 Å². The van der Waals surface area contributed by atoms with Gasteiger partial charge in [-0.05, 0) is 24.3 Å². The SMILES string of the molecule is CN(CCO)c1ccc(NC(=O)c2cnc(-c3ccccc3)nc2)cc1. The summed E-state index contributed by atoms with van der Waals surface area (Å²) in [6, 6.07) is 17.0. The Morgan fingerprint density at radius 3 is 2.31 bits per heavy atom. The van der Waals surface area contributed by atoms with Crippen LogP contribution < -0.4 is 10.2 Å². The summed E-state index contributed by atoms with van der Waals surface area (Å²) in [5.41, 5.74) is 2.95. The molecule has 2 aromatic carbocycles. The first kappa shape index (κ1) is 17.6. The van der Waals surface area contributed by atoms with Gasteiger partial charge >= 0.3 is 0 Å². The molecular formula is C20H20N4O2. The number of hydrogen-bond donors (Lipinski definition) is 2. The molecule has 0 aliphatic heterocycles. The largest absolute Gasteiger partial charge is 0.395 e. The fraction of sp³-hybridized carbons (Fsp3) is 0.150. The lowest BCUT2D eigenvalue weighted by atomic mass is 10.2. The van der Waals surface area contributed by atoms with Gasteiger partial charge in [-0.2, -0.15) is 0 Å². The van der Waals surface area contributed by atoms with E-state index in [1.54, 1.807) is 0 Å². The monoisotopic (exact) mass is 348 g/mol. The van der Waals surface area contributed by atoms with Crippen LogP contribution in [-0.4, -0.2) is 41.2 Å². The average Bonchev–Trinajstić information content (AvgIpc) is 2.69. The lowest BCUT2D eigenvalue weighted by molar-refractivity contribution is 0.102. The Balaban J connectivity index is 1.66. The van der Waals surface area contributed by atoms with Crippen molar-refractivity contribution in [2.75, 3.05) is 30.4 Å². The molecule has 2 N–H and O–H groups in total. The van der Waals surface area contributed by atoms with Gasteiger partial charge in [0.2, 0.25) is 0 Å². The van der Waals surface area contributed by atoms with E-state index in [1.807, 2.05) is 66.5 Å². The molecule has 0 saturated carbocycles. The van der Waals surface area contributed by atoms with Crippen LogP contribution in [0.15, 0.2) is 67.0 Å². The van der Waals surface area contributed by atoms with Crippen LogP contribution in [0.3, 0.4) is 0 Å². The Labute approximate surface area is 152 Å². The number of likely N-dealkylation sites (N-methyl/N-ethyl adjacent to an activating group) is 1. The Morgan fingerprint density at radius 1 is 1.04 bits per heavy atom. The predicted octanol–water partition coefficient (Wildman–Crippen LogP) is 2.82. The van der Waals surface area contributed by atoms with Crippen LogP contribution in [-0.2, 0) is 0 Å². The van der Waals surface area contributed by atoms with E-state index in [2.05, 4.69) is 15.3 Å². The third kappa shape index (κ3) is 4.23. The van der Waals surface area contributed by atoms with E-state index < -0.39 is 0 Å². The van der Waals surface area contributed by atoms with Gasteiger partial charge in [0.1, 0.15) is 0 Å². The molecular weight excluding hydrogens is 328 g/mol. The molecule has 0 aliphatic carbocycles. The zero-order valence-electron chi connectivity index (χ0n) is 14.5. The van der Waals surface area contributed by atoms with Gasteiger partial charge < -0.3 is 15.3 Å². The standard InChI is InChI=1S/C20H20N4O2/c1-24(11-12-25)18-9-7-17(8-10-18)23-20(26)16-13-21-19(22-14-16)15-5-3-2-4-6-15/h2-10,13-14,25H,11-12H2,1H3,(H,23,26). The first-order valence-electron chi connectivity index (χ1n) is 8.28. The lowest BCUT2D eigenvalue weighted by Crippen LogP contribution is -2.21. The summed E-state index contributed by atoms with van der Waals surface area (Å²) < 4.78 is 0. The van der Waals surface area contributed by atoms with Crippen LogP contribution in [0.2, 0.25) is 0 Å². The van der Waals surface area contributed by atoms with Crippen molar-refractivity contribution in [2.45, 2.75) is 0 Å². The highest BCUT2D eigenvalue weighted by Crippen LogP contribution is 2.18. The summed E-state index contributed by atoms with van der Waals surface area (Å²) in [4.78, 5) is 22.8. The quantitative estimate of drug-likeness (QED) is 0.716. The number of nitrogens with one attached hydrogen (secondary N) is 1. The van der Waals surface area contributed by atoms with Crippen molar-refractivity contribution in [2.24, 2.45) is 0 Å². The van der Waals surface area contributed by atoms with Crippen molar-refractivity contribution in [3.8, 4) is 11.4 Å². The Kier molecular flexibility index (Phi) is 5.56. The Hall–Kier alpha value is -3.25. The summed E-state index contributed by atoms with van der Waals surface area (Å²) in [7, 11) is 1.90. The average molecular weight is 348 g/mol. The minimum absolute atomic E-state index is 0.0912. The normalized spacial score (nSPS) is 10.4. The summed E-state index contributed by atoms with van der Waals surface area (Å²) >= 11 is 0. The highest BCUT2D eigenvalue weighted by Gasteiger charge is 2.09. The molecule has 26 heavy (non-hydrogen) atoms. The molecule has 0 bridgehead atoms. The van der Waals surface area contributed by atoms with Crippen molar-refractivity contribution in [1.29, 1.82) is 0 Å². The second-order valence-corrected chi connectivity index (χ2v) is 5.81. The minimum Gasteiger partial charge on any atom is -0.395 e. The summed E-state index contributed by atoms with van der Waals surface area (Å²) in [6.07, 6.45) is 3.04. The Morgan fingerprint density at radius 2 is 1.69 bits per heavy atom. The van der Waals surface area contributed by atoms with Crippen LogP contribution in [0.25, 0.3) is 11.4 Å². The molecule has 0 radical (unpaired) electrons. The van der Waals surface area contributed by atoms with E-state index in [0.29, 0.717) is 23.6 Å². The second-order valence-electron chi connectivity index (χ2n) is 5.81. The predicted molar refractivity (Wildman–Crippen MR) is 102 cm³/mol. The van der Waals surface area contributed by atoms with E-state index >= 15 is 0 Å². The molecule has 132 valence electrons. The van der Waals surface area contributed by atoms with Gasteiger partial charge in [-0.1, -0.05) is 30.3 Å². The van der Waals surface area contributed by atoms with Gasteiger partial charge in [0.15, 0.2) is 5.82 Å². The van der Waals surface area contributed by atoms with Crippen molar-refractivity contribution in [1.82, 2.24) is 9.97 Å². The molecule has 0 atom stereocenters. The number of amides is 1. The van der Waals surface area contributed by atoms with E-state index in [4.69, 9.17) is 5.11 Å². The van der Waals surface area contributed by atoms with Crippen molar-refractivity contribution >= 4 is 17.3 Å². The number of nitrogens with zero attached hydrogens (tertiary/aromatic N) is 3. The number of aliphatic hydroxyl groups is 1. The topological polar surface area (TPSA) is 78.4 Å². The van der Waals surface area contributed by atoms with Crippen LogP contribution in [0.1, 0.15) is 10.4 Å². The highest BCUT2D eigenvalue weighted by atomic mass is 16.3. The smallest absolute Gasteiger partial charge is 0.258 e. The van der Waals surface area contributed by atoms with Crippen LogP contribution in [0, 0.1) is 0 Å². The van der Waals surface area contributed by atoms with Crippen LogP contribution >= 0.6 is 0 Å². The first-order valence-corrected chi connectivity index (χ1v) is 8.28. The number of rotatable bonds is 6. The maximum atomic E-state index is 12.3. The number of aromatic nitrogens is 2. The summed E-state index contributed by atoms with van der Waals surface area (Å²) in [5.74, 6) is 0.319. The molecule has 0 saturated heterocycles. The number of carbonyl (C=O) groups excluding carboxylic acids is 1. The molecule has 1 heterocycles. The molecule has 0 unspecified atom stereocenters. The molecule has 3 rings (SSSR count). The van der Waals surface area contributed by atoms with Gasteiger partial charge in [-0.25, -0.2) is 9.97 Å². The number of benzene rings is 2. The molecule has 6 heteroatoms. The number of hydrogen-bond acceptors (Lipinski definition) is 5. The fourth-order valence-corrected chi connectivity index (χ4v) is 2.46. The zero-order chi connectivity index (χ0) is 18.4. The molecule has 0 spiro atoms. The van der Waals surface area contributed by atoms with Gasteiger partial charge in [-0.3, -0.25) is 4.79 Å². The fourth-order valence-electron chi connectivity index (χ4n) is 2.46. The second kappa shape index (κ2) is 8.22. The lowest BCUT2D eigenvalue weighted by Gasteiger charge is -2.18. The minimum atomic E-state index is -0.263. The highest BCUT2D eigenvalue weighted by molar-refractivity contribution is 6.04. The number of carbonyl (C=O) groups is 1. The van der Waals surface area contributed by atoms with Gasteiger partial charge in [0.05, 0.1) is 12.2 Å². The van der Waals surface area contributed by atoms with Crippen LogP contribution in [0.5, 0.6) is 0 Å². The maximum absolute atomic E-state index is 12.3. The third-order valence-corrected chi connectivity index (χ3v) is 3.95. The first-order chi connectivity index (χ1) is 12.7. The third-order valence-electron chi connectivity index (χ3n) is 3.95. The van der Waals surface area contributed by atoms with E-state index in [1.165, 1.54) is 12.4 Å². The van der Waals surface area contributed by atoms with E-state index in [0.717, 1.165) is 11.3 Å². The molecule has 6 nitrogen and oxygen atoms in total. The molecule has 0 fully saturated rings. The van der Waals surface area contributed by atoms with E-state index in [9.17, 15) is 4.79 Å². The van der Waals surface area contributed by atoms with E-state index in [-0.39, 0.29) is 12.5 Å². The van der Waals surface area contributed by atoms with Crippen molar-refractivity contribution in [3.05, 3.63) is 72.6 Å². The maximum Gasteiger partial charge on any atom is 0.258 e. The molecule has 1 aromatic heterocycles. The number of aliphatic hydroxyl groups excluding tert-OH is 1. The molecule has 1 amide bonds. The molecule has 3 aromatic rings. The zero-order valence-corrected chi connectivity index (χ0v) is 14.5. The van der Waals surface area contributed by atoms with Gasteiger partial charge in [-0.15, -0.1) is 0 Å². The summed E-state index contributed by atoms with van der Waals surface area (Å²) in [6.45, 7) is 0.644. The molecule has 0 aliphatic rings. The van der Waals surface area contributed by atoms with Crippen LogP contribution in [0.4, 0.5) is 11.4 Å².